The molecule has 4 nitrogen and oxygen atoms in total. The second-order valence-corrected chi connectivity index (χ2v) is 3.52. The van der Waals surface area contributed by atoms with Crippen molar-refractivity contribution in [3.63, 3.8) is 0 Å². The van der Waals surface area contributed by atoms with E-state index in [9.17, 15) is 9.59 Å². The van der Waals surface area contributed by atoms with Crippen molar-refractivity contribution >= 4 is 11.8 Å². The molecule has 0 aromatic carbocycles. The van der Waals surface area contributed by atoms with Crippen molar-refractivity contribution < 1.29 is 14.3 Å². The standard InChI is InChI=1S/C10H17NO3/c1-7(2)9(12)8(6-11(3)4)10(13)14-5/h6-7H,1-5H3. The smallest absolute Gasteiger partial charge is 0.342 e. The first-order valence-electron chi connectivity index (χ1n) is 4.41. The zero-order chi connectivity index (χ0) is 11.3. The lowest BCUT2D eigenvalue weighted by Crippen LogP contribution is -2.21. The van der Waals surface area contributed by atoms with Gasteiger partial charge in [0.1, 0.15) is 5.57 Å². The SMILES string of the molecule is COC(=O)C(=CN(C)C)C(=O)C(C)C. The molecule has 4 heteroatoms. The average Bonchev–Trinajstić information content (AvgIpc) is 2.11. The number of hydrogen-bond acceptors (Lipinski definition) is 4. The lowest BCUT2D eigenvalue weighted by molar-refractivity contribution is -0.138. The summed E-state index contributed by atoms with van der Waals surface area (Å²) in [6.45, 7) is 3.49. The van der Waals surface area contributed by atoms with Crippen molar-refractivity contribution in [3.8, 4) is 0 Å². The first-order chi connectivity index (χ1) is 6.40. The van der Waals surface area contributed by atoms with Crippen molar-refractivity contribution in [2.45, 2.75) is 13.8 Å². The number of esters is 1. The highest BCUT2D eigenvalue weighted by Crippen LogP contribution is 2.08. The predicted octanol–water partition coefficient (Wildman–Crippen LogP) is 0.830. The van der Waals surface area contributed by atoms with E-state index in [0.29, 0.717) is 0 Å². The van der Waals surface area contributed by atoms with Crippen LogP contribution in [0.25, 0.3) is 0 Å². The quantitative estimate of drug-likeness (QED) is 0.291. The maximum atomic E-state index is 11.6. The Balaban J connectivity index is 4.92. The summed E-state index contributed by atoms with van der Waals surface area (Å²) in [6, 6.07) is 0. The molecular formula is C10H17NO3. The van der Waals surface area contributed by atoms with E-state index in [1.807, 2.05) is 0 Å². The van der Waals surface area contributed by atoms with Gasteiger partial charge in [-0.15, -0.1) is 0 Å². The normalized spacial score (nSPS) is 11.4. The van der Waals surface area contributed by atoms with Gasteiger partial charge in [-0.1, -0.05) is 13.8 Å². The Hall–Kier alpha value is -1.32. The largest absolute Gasteiger partial charge is 0.465 e. The minimum absolute atomic E-state index is 0.0903. The van der Waals surface area contributed by atoms with E-state index in [2.05, 4.69) is 4.74 Å². The molecule has 0 fully saturated rings. The first-order valence-corrected chi connectivity index (χ1v) is 4.41. The molecule has 0 heterocycles. The minimum atomic E-state index is -0.586. The van der Waals surface area contributed by atoms with Gasteiger partial charge in [0.2, 0.25) is 0 Å². The molecule has 14 heavy (non-hydrogen) atoms. The molecule has 0 aliphatic rings. The minimum Gasteiger partial charge on any atom is -0.465 e. The monoisotopic (exact) mass is 199 g/mol. The molecule has 0 N–H and O–H groups in total. The molecule has 0 spiro atoms. The van der Waals surface area contributed by atoms with Gasteiger partial charge in [-0.2, -0.15) is 0 Å². The van der Waals surface area contributed by atoms with Crippen molar-refractivity contribution in [3.05, 3.63) is 11.8 Å². The second-order valence-electron chi connectivity index (χ2n) is 3.52. The molecule has 0 radical (unpaired) electrons. The second kappa shape index (κ2) is 5.42. The van der Waals surface area contributed by atoms with Crippen molar-refractivity contribution in [2.75, 3.05) is 21.2 Å². The van der Waals surface area contributed by atoms with Gasteiger partial charge in [0, 0.05) is 26.2 Å². The summed E-state index contributed by atoms with van der Waals surface area (Å²) < 4.78 is 4.53. The van der Waals surface area contributed by atoms with Gasteiger partial charge in [0.25, 0.3) is 0 Å². The fourth-order valence-electron chi connectivity index (χ4n) is 0.896. The van der Waals surface area contributed by atoms with Gasteiger partial charge in [0.15, 0.2) is 5.78 Å². The van der Waals surface area contributed by atoms with Gasteiger partial charge in [-0.3, -0.25) is 4.79 Å². The molecular weight excluding hydrogens is 182 g/mol. The predicted molar refractivity (Wildman–Crippen MR) is 53.6 cm³/mol. The van der Waals surface area contributed by atoms with E-state index >= 15 is 0 Å². The molecule has 0 saturated carbocycles. The summed E-state index contributed by atoms with van der Waals surface area (Å²) in [7, 11) is 4.76. The third kappa shape index (κ3) is 3.60. The zero-order valence-electron chi connectivity index (χ0n) is 9.33. The van der Waals surface area contributed by atoms with Crippen molar-refractivity contribution in [1.82, 2.24) is 4.90 Å². The Morgan fingerprint density at radius 1 is 1.29 bits per heavy atom. The van der Waals surface area contributed by atoms with Crippen LogP contribution in [-0.2, 0) is 14.3 Å². The van der Waals surface area contributed by atoms with E-state index in [0.717, 1.165) is 0 Å². The number of hydrogen-bond donors (Lipinski definition) is 0. The van der Waals surface area contributed by atoms with E-state index in [-0.39, 0.29) is 17.3 Å². The Bertz CT molecular complexity index is 254. The molecule has 0 amide bonds. The van der Waals surface area contributed by atoms with E-state index in [1.54, 1.807) is 32.8 Å². The summed E-state index contributed by atoms with van der Waals surface area (Å²) in [6.07, 6.45) is 1.48. The van der Waals surface area contributed by atoms with Gasteiger partial charge in [-0.25, -0.2) is 4.79 Å². The molecule has 0 saturated heterocycles. The molecule has 0 aliphatic heterocycles. The number of rotatable bonds is 4. The fraction of sp³-hybridized carbons (Fsp3) is 0.600. The molecule has 0 atom stereocenters. The number of nitrogens with zero attached hydrogens (tertiary/aromatic N) is 1. The lowest BCUT2D eigenvalue weighted by Gasteiger charge is -2.11. The number of carbonyl (C=O) groups is 2. The molecule has 80 valence electrons. The van der Waals surface area contributed by atoms with Gasteiger partial charge < -0.3 is 9.64 Å². The molecule has 0 aromatic heterocycles. The first kappa shape index (κ1) is 12.7. The summed E-state index contributed by atoms with van der Waals surface area (Å²) in [5.74, 6) is -0.997. The Labute approximate surface area is 84.5 Å². The number of Topliss-reactive ketones (excluding diaryl/α,β-unsaturated/α-hetero) is 1. The van der Waals surface area contributed by atoms with Gasteiger partial charge in [0.05, 0.1) is 7.11 Å². The summed E-state index contributed by atoms with van der Waals surface area (Å²) in [5.41, 5.74) is 0.0903. The summed E-state index contributed by atoms with van der Waals surface area (Å²) in [5, 5.41) is 0. The van der Waals surface area contributed by atoms with E-state index < -0.39 is 5.97 Å². The van der Waals surface area contributed by atoms with Crippen LogP contribution in [0, 0.1) is 5.92 Å². The van der Waals surface area contributed by atoms with Crippen LogP contribution < -0.4 is 0 Å². The van der Waals surface area contributed by atoms with Crippen LogP contribution in [0.4, 0.5) is 0 Å². The lowest BCUT2D eigenvalue weighted by atomic mass is 10.0. The van der Waals surface area contributed by atoms with Crippen LogP contribution in [0.5, 0.6) is 0 Å². The fourth-order valence-corrected chi connectivity index (χ4v) is 0.896. The van der Waals surface area contributed by atoms with Crippen LogP contribution in [0.2, 0.25) is 0 Å². The van der Waals surface area contributed by atoms with Gasteiger partial charge >= 0.3 is 5.97 Å². The third-order valence-electron chi connectivity index (χ3n) is 1.58. The van der Waals surface area contributed by atoms with Crippen LogP contribution in [0.15, 0.2) is 11.8 Å². The number of methoxy groups -OCH3 is 1. The Morgan fingerprint density at radius 3 is 2.07 bits per heavy atom. The highest BCUT2D eigenvalue weighted by molar-refractivity contribution is 6.17. The van der Waals surface area contributed by atoms with Crippen LogP contribution in [-0.4, -0.2) is 37.9 Å². The van der Waals surface area contributed by atoms with Crippen LogP contribution >= 0.6 is 0 Å². The number of ether oxygens (including phenoxy) is 1. The number of carbonyl (C=O) groups excluding carboxylic acids is 2. The maximum absolute atomic E-state index is 11.6. The van der Waals surface area contributed by atoms with Gasteiger partial charge in [-0.05, 0) is 0 Å². The highest BCUT2D eigenvalue weighted by atomic mass is 16.5. The Morgan fingerprint density at radius 2 is 1.79 bits per heavy atom. The Kier molecular flexibility index (Phi) is 4.91. The van der Waals surface area contributed by atoms with Crippen LogP contribution in [0.3, 0.4) is 0 Å². The highest BCUT2D eigenvalue weighted by Gasteiger charge is 2.21. The molecule has 0 unspecified atom stereocenters. The maximum Gasteiger partial charge on any atom is 0.342 e. The van der Waals surface area contributed by atoms with Crippen LogP contribution in [0.1, 0.15) is 13.8 Å². The molecule has 0 bridgehead atoms. The van der Waals surface area contributed by atoms with E-state index in [1.165, 1.54) is 13.3 Å². The summed E-state index contributed by atoms with van der Waals surface area (Å²) >= 11 is 0. The van der Waals surface area contributed by atoms with Crippen molar-refractivity contribution in [1.29, 1.82) is 0 Å². The zero-order valence-corrected chi connectivity index (χ0v) is 9.33. The topological polar surface area (TPSA) is 46.6 Å². The summed E-state index contributed by atoms with van der Waals surface area (Å²) in [4.78, 5) is 24.5. The van der Waals surface area contributed by atoms with E-state index in [4.69, 9.17) is 0 Å². The molecule has 0 aliphatic carbocycles. The van der Waals surface area contributed by atoms with Crippen molar-refractivity contribution in [2.24, 2.45) is 5.92 Å². The third-order valence-corrected chi connectivity index (χ3v) is 1.58. The molecule has 0 aromatic rings. The number of ketones is 1. The molecule has 0 rings (SSSR count). The average molecular weight is 199 g/mol.